The molecule has 4 heterocycles. The lowest BCUT2D eigenvalue weighted by Gasteiger charge is -2.45. The Balaban J connectivity index is 1.44. The summed E-state index contributed by atoms with van der Waals surface area (Å²) < 4.78 is 7.96. The van der Waals surface area contributed by atoms with Gasteiger partial charge in [0, 0.05) is 13.1 Å². The number of carbonyl (C=O) groups is 1. The molecule has 0 spiro atoms. The van der Waals surface area contributed by atoms with E-state index in [1.165, 1.54) is 0 Å². The number of piperidine rings is 2. The third-order valence-electron chi connectivity index (χ3n) is 6.41. The molecule has 142 valence electrons. The molecule has 2 atom stereocenters. The number of rotatable bonds is 2. The van der Waals surface area contributed by atoms with Crippen LogP contribution in [0.2, 0.25) is 0 Å². The maximum absolute atomic E-state index is 13.8. The summed E-state index contributed by atoms with van der Waals surface area (Å²) in [4.78, 5) is 15.9. The highest BCUT2D eigenvalue weighted by molar-refractivity contribution is 5.88. The molecule has 27 heavy (non-hydrogen) atoms. The highest BCUT2D eigenvalue weighted by Crippen LogP contribution is 2.38. The van der Waals surface area contributed by atoms with Crippen molar-refractivity contribution in [2.45, 2.75) is 43.4 Å². The fraction of sp³-hybridized carbons (Fsp3) is 0.550. The van der Waals surface area contributed by atoms with Crippen molar-refractivity contribution in [3.63, 3.8) is 0 Å². The van der Waals surface area contributed by atoms with Crippen LogP contribution >= 0.6 is 0 Å². The average molecular weight is 367 g/mol. The number of likely N-dealkylation sites (tertiary alicyclic amines) is 1. The molecule has 1 N–H and O–H groups in total. The third-order valence-corrected chi connectivity index (χ3v) is 6.41. The second-order valence-corrected chi connectivity index (χ2v) is 7.82. The second kappa shape index (κ2) is 6.73. The molecule has 2 aromatic rings. The zero-order valence-electron chi connectivity index (χ0n) is 15.4. The van der Waals surface area contributed by atoms with Crippen LogP contribution in [0.1, 0.15) is 36.6 Å². The number of ether oxygens (including phenoxy) is 1. The van der Waals surface area contributed by atoms with Crippen LogP contribution in [0, 0.1) is 0 Å². The van der Waals surface area contributed by atoms with Crippen LogP contribution in [-0.4, -0.2) is 58.1 Å². The van der Waals surface area contributed by atoms with Crippen molar-refractivity contribution in [2.24, 2.45) is 0 Å². The lowest BCUT2D eigenvalue weighted by atomic mass is 9.71. The molecule has 3 aliphatic rings. The lowest BCUT2D eigenvalue weighted by molar-refractivity contribution is -0.145. The summed E-state index contributed by atoms with van der Waals surface area (Å²) in [6.45, 7) is 3.68. The van der Waals surface area contributed by atoms with E-state index in [1.54, 1.807) is 6.20 Å². The summed E-state index contributed by atoms with van der Waals surface area (Å²) in [6, 6.07) is 10.4. The van der Waals surface area contributed by atoms with Gasteiger partial charge in [0.2, 0.25) is 5.91 Å². The lowest BCUT2D eigenvalue weighted by Crippen LogP contribution is -2.57. The van der Waals surface area contributed by atoms with Crippen LogP contribution in [0.25, 0.3) is 0 Å². The van der Waals surface area contributed by atoms with Crippen LogP contribution < -0.4 is 5.32 Å². The standard InChI is InChI=1S/C20H25N5O2/c26-19(20(7-9-21-10-8-20)15-4-2-1-3-5-15)24-11-6-18-17(13-24)25-16(14-27-18)12-22-23-25/h1-5,12,17-18,21H,6-11,13-14H2. The molecule has 1 aromatic carbocycles. The van der Waals surface area contributed by atoms with Gasteiger partial charge in [0.05, 0.1) is 36.1 Å². The first-order valence-corrected chi connectivity index (χ1v) is 9.84. The van der Waals surface area contributed by atoms with E-state index in [0.29, 0.717) is 13.2 Å². The number of aromatic nitrogens is 3. The number of fused-ring (bicyclic) bond motifs is 3. The van der Waals surface area contributed by atoms with E-state index in [9.17, 15) is 4.79 Å². The minimum Gasteiger partial charge on any atom is -0.370 e. The van der Waals surface area contributed by atoms with Gasteiger partial charge in [0.15, 0.2) is 0 Å². The Morgan fingerprint density at radius 2 is 2.04 bits per heavy atom. The van der Waals surface area contributed by atoms with Crippen molar-refractivity contribution < 1.29 is 9.53 Å². The van der Waals surface area contributed by atoms with Crippen LogP contribution in [0.3, 0.4) is 0 Å². The summed E-state index contributed by atoms with van der Waals surface area (Å²) in [5, 5.41) is 11.7. The fourth-order valence-electron chi connectivity index (χ4n) is 4.90. The third kappa shape index (κ3) is 2.76. The van der Waals surface area contributed by atoms with Gasteiger partial charge in [-0.05, 0) is 37.9 Å². The molecular formula is C20H25N5O2. The molecule has 0 radical (unpaired) electrons. The van der Waals surface area contributed by atoms with Crippen molar-refractivity contribution >= 4 is 5.91 Å². The first-order chi connectivity index (χ1) is 13.3. The topological polar surface area (TPSA) is 72.3 Å². The van der Waals surface area contributed by atoms with Gasteiger partial charge in [-0.3, -0.25) is 4.79 Å². The Hall–Kier alpha value is -2.25. The Kier molecular flexibility index (Phi) is 4.21. The fourth-order valence-corrected chi connectivity index (χ4v) is 4.90. The SMILES string of the molecule is O=C(N1CCC2OCc3cnnn3C2C1)C1(c2ccccc2)CCNCC1. The molecule has 7 nitrogen and oxygen atoms in total. The molecule has 0 bridgehead atoms. The predicted octanol–water partition coefficient (Wildman–Crippen LogP) is 1.27. The van der Waals surface area contributed by atoms with E-state index in [2.05, 4.69) is 27.8 Å². The minimum atomic E-state index is -0.430. The minimum absolute atomic E-state index is 0.0588. The highest BCUT2D eigenvalue weighted by atomic mass is 16.5. The molecule has 7 heteroatoms. The summed E-state index contributed by atoms with van der Waals surface area (Å²) in [7, 11) is 0. The molecule has 3 aliphatic heterocycles. The van der Waals surface area contributed by atoms with E-state index in [4.69, 9.17) is 4.74 Å². The van der Waals surface area contributed by atoms with Crippen LogP contribution in [0.15, 0.2) is 36.5 Å². The number of nitrogens with one attached hydrogen (secondary N) is 1. The first-order valence-electron chi connectivity index (χ1n) is 9.84. The van der Waals surface area contributed by atoms with Crippen molar-refractivity contribution in [2.75, 3.05) is 26.2 Å². The molecule has 0 saturated carbocycles. The molecule has 1 amide bonds. The molecule has 2 saturated heterocycles. The van der Waals surface area contributed by atoms with Gasteiger partial charge in [0.25, 0.3) is 0 Å². The maximum atomic E-state index is 13.8. The number of benzene rings is 1. The molecular weight excluding hydrogens is 342 g/mol. The van der Waals surface area contributed by atoms with E-state index in [0.717, 1.165) is 50.2 Å². The predicted molar refractivity (Wildman–Crippen MR) is 99.1 cm³/mol. The first kappa shape index (κ1) is 16.9. The van der Waals surface area contributed by atoms with Gasteiger partial charge in [-0.25, -0.2) is 4.68 Å². The summed E-state index contributed by atoms with van der Waals surface area (Å²) in [6.07, 6.45) is 4.40. The molecule has 5 rings (SSSR count). The quantitative estimate of drug-likeness (QED) is 0.866. The van der Waals surface area contributed by atoms with Crippen LogP contribution in [0.4, 0.5) is 0 Å². The van der Waals surface area contributed by atoms with Crippen LogP contribution in [-0.2, 0) is 21.6 Å². The number of nitrogens with zero attached hydrogens (tertiary/aromatic N) is 4. The molecule has 1 aromatic heterocycles. The van der Waals surface area contributed by atoms with Crippen LogP contribution in [0.5, 0.6) is 0 Å². The van der Waals surface area contributed by atoms with E-state index in [1.807, 2.05) is 27.8 Å². The molecule has 2 unspecified atom stereocenters. The van der Waals surface area contributed by atoms with Gasteiger partial charge >= 0.3 is 0 Å². The Morgan fingerprint density at radius 3 is 2.85 bits per heavy atom. The zero-order valence-corrected chi connectivity index (χ0v) is 15.4. The normalized spacial score (nSPS) is 26.9. The Bertz CT molecular complexity index is 815. The highest BCUT2D eigenvalue weighted by Gasteiger charge is 2.46. The summed E-state index contributed by atoms with van der Waals surface area (Å²) >= 11 is 0. The van der Waals surface area contributed by atoms with Gasteiger partial charge < -0.3 is 15.0 Å². The monoisotopic (exact) mass is 367 g/mol. The van der Waals surface area contributed by atoms with Gasteiger partial charge in [-0.1, -0.05) is 35.5 Å². The van der Waals surface area contributed by atoms with E-state index < -0.39 is 5.41 Å². The Morgan fingerprint density at radius 1 is 1.22 bits per heavy atom. The van der Waals surface area contributed by atoms with Crippen molar-refractivity contribution in [1.82, 2.24) is 25.2 Å². The summed E-state index contributed by atoms with van der Waals surface area (Å²) in [5.74, 6) is 0.251. The Labute approximate surface area is 158 Å². The second-order valence-electron chi connectivity index (χ2n) is 7.82. The van der Waals surface area contributed by atoms with Crippen molar-refractivity contribution in [3.8, 4) is 0 Å². The molecule has 2 fully saturated rings. The van der Waals surface area contributed by atoms with E-state index in [-0.39, 0.29) is 18.1 Å². The smallest absolute Gasteiger partial charge is 0.233 e. The van der Waals surface area contributed by atoms with Crippen molar-refractivity contribution in [1.29, 1.82) is 0 Å². The van der Waals surface area contributed by atoms with Gasteiger partial charge in [-0.2, -0.15) is 0 Å². The number of hydrogen-bond donors (Lipinski definition) is 1. The maximum Gasteiger partial charge on any atom is 0.233 e. The summed E-state index contributed by atoms with van der Waals surface area (Å²) in [5.41, 5.74) is 1.70. The number of amides is 1. The number of hydrogen-bond acceptors (Lipinski definition) is 5. The van der Waals surface area contributed by atoms with Gasteiger partial charge in [-0.15, -0.1) is 5.10 Å². The largest absolute Gasteiger partial charge is 0.370 e. The van der Waals surface area contributed by atoms with E-state index >= 15 is 0 Å². The average Bonchev–Trinajstić information content (AvgIpc) is 3.23. The van der Waals surface area contributed by atoms with Gasteiger partial charge in [0.1, 0.15) is 0 Å². The van der Waals surface area contributed by atoms with Crippen molar-refractivity contribution in [3.05, 3.63) is 47.8 Å². The zero-order chi connectivity index (χ0) is 18.3. The molecule has 0 aliphatic carbocycles. The number of carbonyl (C=O) groups excluding carboxylic acids is 1.